The van der Waals surface area contributed by atoms with Crippen LogP contribution in [0.5, 0.6) is 0 Å². The molecule has 1 aromatic heterocycles. The van der Waals surface area contributed by atoms with Crippen LogP contribution in [0.25, 0.3) is 10.2 Å². The molecule has 0 aliphatic carbocycles. The quantitative estimate of drug-likeness (QED) is 0.489. The third-order valence-electron chi connectivity index (χ3n) is 6.51. The van der Waals surface area contributed by atoms with Crippen LogP contribution in [0.2, 0.25) is 10.0 Å². The lowest BCUT2D eigenvalue weighted by Gasteiger charge is -2.39. The van der Waals surface area contributed by atoms with E-state index in [1.807, 2.05) is 17.0 Å². The minimum atomic E-state index is 0.101. The number of halogens is 2. The Hall–Kier alpha value is -2.02. The van der Waals surface area contributed by atoms with Crippen LogP contribution >= 0.6 is 34.5 Å². The predicted octanol–water partition coefficient (Wildman–Crippen LogP) is 5.48. The molecule has 2 fully saturated rings. The number of anilines is 2. The molecule has 0 bridgehead atoms. The number of hydrogen-bond donors (Lipinski definition) is 0. The molecule has 3 heterocycles. The molecule has 2 saturated heterocycles. The van der Waals surface area contributed by atoms with Gasteiger partial charge in [0, 0.05) is 45.2 Å². The molecular weight excluding hydrogens is 463 g/mol. The lowest BCUT2D eigenvalue weighted by Crippen LogP contribution is -2.51. The lowest BCUT2D eigenvalue weighted by molar-refractivity contribution is -0.136. The zero-order chi connectivity index (χ0) is 22.2. The zero-order valence-corrected chi connectivity index (χ0v) is 20.4. The Morgan fingerprint density at radius 2 is 1.75 bits per heavy atom. The number of amides is 1. The third-order valence-corrected chi connectivity index (χ3v) is 8.40. The van der Waals surface area contributed by atoms with Gasteiger partial charge in [-0.1, -0.05) is 46.7 Å². The lowest BCUT2D eigenvalue weighted by atomic mass is 9.95. The number of nitrogens with zero attached hydrogens (tertiary/aromatic N) is 4. The van der Waals surface area contributed by atoms with Gasteiger partial charge in [0.2, 0.25) is 5.91 Å². The highest BCUT2D eigenvalue weighted by atomic mass is 35.5. The number of carbonyl (C=O) groups excluding carboxylic acids is 1. The van der Waals surface area contributed by atoms with E-state index in [9.17, 15) is 4.79 Å². The molecule has 8 heteroatoms. The topological polar surface area (TPSA) is 39.7 Å². The van der Waals surface area contributed by atoms with Crippen LogP contribution in [0.4, 0.5) is 10.8 Å². The largest absolute Gasteiger partial charge is 0.367 e. The van der Waals surface area contributed by atoms with E-state index in [0.717, 1.165) is 68.4 Å². The van der Waals surface area contributed by atoms with Gasteiger partial charge in [0.1, 0.15) is 0 Å². The van der Waals surface area contributed by atoms with Crippen molar-refractivity contribution >= 4 is 61.5 Å². The smallest absolute Gasteiger partial charge is 0.225 e. The highest BCUT2D eigenvalue weighted by molar-refractivity contribution is 7.22. The Morgan fingerprint density at radius 3 is 2.50 bits per heavy atom. The maximum atomic E-state index is 13.2. The molecule has 2 aromatic carbocycles. The van der Waals surface area contributed by atoms with Gasteiger partial charge >= 0.3 is 0 Å². The van der Waals surface area contributed by atoms with E-state index >= 15 is 0 Å². The van der Waals surface area contributed by atoms with Crippen LogP contribution in [0.1, 0.15) is 18.4 Å². The molecule has 5 rings (SSSR count). The Bertz CT molecular complexity index is 1130. The summed E-state index contributed by atoms with van der Waals surface area (Å²) in [4.78, 5) is 24.6. The maximum absolute atomic E-state index is 13.2. The highest BCUT2D eigenvalue weighted by Gasteiger charge is 2.31. The number of piperazine rings is 1. The molecule has 2 aliphatic heterocycles. The summed E-state index contributed by atoms with van der Waals surface area (Å²) in [5.41, 5.74) is 3.27. The molecule has 0 N–H and O–H groups in total. The van der Waals surface area contributed by atoms with Crippen molar-refractivity contribution in [3.8, 4) is 0 Å². The first-order valence-corrected chi connectivity index (χ1v) is 12.7. The Balaban J connectivity index is 1.16. The zero-order valence-electron chi connectivity index (χ0n) is 18.1. The van der Waals surface area contributed by atoms with Crippen molar-refractivity contribution < 1.29 is 4.79 Å². The molecule has 2 aliphatic rings. The molecule has 0 unspecified atom stereocenters. The number of fused-ring (bicyclic) bond motifs is 1. The van der Waals surface area contributed by atoms with E-state index in [2.05, 4.69) is 34.9 Å². The Morgan fingerprint density at radius 1 is 1.00 bits per heavy atom. The minimum Gasteiger partial charge on any atom is -0.367 e. The Kier molecular flexibility index (Phi) is 6.19. The van der Waals surface area contributed by atoms with E-state index in [4.69, 9.17) is 28.2 Å². The van der Waals surface area contributed by atoms with E-state index in [1.165, 1.54) is 10.3 Å². The van der Waals surface area contributed by atoms with Crippen molar-refractivity contribution in [2.45, 2.75) is 19.8 Å². The summed E-state index contributed by atoms with van der Waals surface area (Å²) in [5.74, 6) is 0.394. The number of aryl methyl sites for hydroxylation is 1. The third kappa shape index (κ3) is 4.28. The number of benzene rings is 2. The van der Waals surface area contributed by atoms with Crippen molar-refractivity contribution in [3.05, 3.63) is 52.0 Å². The molecule has 3 aromatic rings. The second-order valence-electron chi connectivity index (χ2n) is 8.61. The average molecular weight is 489 g/mol. The summed E-state index contributed by atoms with van der Waals surface area (Å²) in [6.45, 7) is 6.86. The number of piperidine rings is 1. The normalized spacial score (nSPS) is 17.9. The van der Waals surface area contributed by atoms with Gasteiger partial charge in [-0.2, -0.15) is 0 Å². The number of carbonyl (C=O) groups is 1. The fourth-order valence-corrected chi connectivity index (χ4v) is 6.17. The van der Waals surface area contributed by atoms with Crippen LogP contribution in [-0.2, 0) is 4.79 Å². The highest BCUT2D eigenvalue weighted by Crippen LogP contribution is 2.34. The monoisotopic (exact) mass is 488 g/mol. The molecule has 5 nitrogen and oxygen atoms in total. The van der Waals surface area contributed by atoms with Gasteiger partial charge in [0.05, 0.1) is 25.9 Å². The Labute approximate surface area is 202 Å². The summed E-state index contributed by atoms with van der Waals surface area (Å²) in [5, 5.41) is 2.23. The van der Waals surface area contributed by atoms with Crippen LogP contribution in [0.3, 0.4) is 0 Å². The number of hydrogen-bond acceptors (Lipinski definition) is 5. The summed E-state index contributed by atoms with van der Waals surface area (Å²) in [6.07, 6.45) is 1.77. The second kappa shape index (κ2) is 9.08. The van der Waals surface area contributed by atoms with Crippen LogP contribution in [0.15, 0.2) is 36.4 Å². The second-order valence-corrected chi connectivity index (χ2v) is 10.4. The fourth-order valence-electron chi connectivity index (χ4n) is 4.64. The van der Waals surface area contributed by atoms with Gasteiger partial charge in [-0.25, -0.2) is 4.98 Å². The van der Waals surface area contributed by atoms with Gasteiger partial charge in [-0.15, -0.1) is 0 Å². The van der Waals surface area contributed by atoms with Crippen LogP contribution in [-0.4, -0.2) is 55.1 Å². The van der Waals surface area contributed by atoms with Crippen molar-refractivity contribution in [2.24, 2.45) is 5.92 Å². The average Bonchev–Trinajstić information content (AvgIpc) is 3.24. The van der Waals surface area contributed by atoms with Gasteiger partial charge in [-0.3, -0.25) is 4.79 Å². The molecule has 0 atom stereocenters. The molecule has 0 radical (unpaired) electrons. The van der Waals surface area contributed by atoms with Crippen molar-refractivity contribution in [2.75, 3.05) is 49.1 Å². The summed E-state index contributed by atoms with van der Waals surface area (Å²) < 4.78 is 1.23. The van der Waals surface area contributed by atoms with E-state index < -0.39 is 0 Å². The molecule has 0 saturated carbocycles. The van der Waals surface area contributed by atoms with Gasteiger partial charge in [0.15, 0.2) is 5.13 Å². The summed E-state index contributed by atoms with van der Waals surface area (Å²) in [6, 6.07) is 12.1. The van der Waals surface area contributed by atoms with Crippen molar-refractivity contribution in [1.29, 1.82) is 0 Å². The minimum absolute atomic E-state index is 0.101. The molecule has 32 heavy (non-hydrogen) atoms. The predicted molar refractivity (Wildman–Crippen MR) is 135 cm³/mol. The first-order valence-electron chi connectivity index (χ1n) is 11.1. The van der Waals surface area contributed by atoms with E-state index in [1.54, 1.807) is 17.4 Å². The van der Waals surface area contributed by atoms with Gasteiger partial charge in [-0.05, 0) is 49.6 Å². The fraction of sp³-hybridized carbons (Fsp3) is 0.417. The van der Waals surface area contributed by atoms with Gasteiger partial charge < -0.3 is 14.7 Å². The number of rotatable bonds is 3. The van der Waals surface area contributed by atoms with Crippen LogP contribution < -0.4 is 9.80 Å². The maximum Gasteiger partial charge on any atom is 0.225 e. The summed E-state index contributed by atoms with van der Waals surface area (Å²) >= 11 is 14.3. The molecule has 0 spiro atoms. The van der Waals surface area contributed by atoms with E-state index in [0.29, 0.717) is 16.0 Å². The van der Waals surface area contributed by atoms with E-state index in [-0.39, 0.29) is 5.92 Å². The summed E-state index contributed by atoms with van der Waals surface area (Å²) in [7, 11) is 0. The van der Waals surface area contributed by atoms with Gasteiger partial charge in [0.25, 0.3) is 0 Å². The molecule has 168 valence electrons. The molecular formula is C24H26Cl2N4OS. The molecule has 1 amide bonds. The van der Waals surface area contributed by atoms with Crippen molar-refractivity contribution in [3.63, 3.8) is 0 Å². The standard InChI is InChI=1S/C24H26Cl2N4OS/c1-16-5-6-19-21(15-16)32-24(27-19)30-9-7-17(8-10-30)23(31)29-13-11-28(12-14-29)20-4-2-3-18(25)22(20)26/h2-6,15,17H,7-14H2,1H3. The van der Waals surface area contributed by atoms with Crippen LogP contribution in [0, 0.1) is 12.8 Å². The number of thiazole rings is 1. The first-order chi connectivity index (χ1) is 15.5. The SMILES string of the molecule is Cc1ccc2nc(N3CCC(C(=O)N4CCN(c5cccc(Cl)c5Cl)CC4)CC3)sc2c1. The van der Waals surface area contributed by atoms with Crippen molar-refractivity contribution in [1.82, 2.24) is 9.88 Å². The number of aromatic nitrogens is 1. The first kappa shape index (κ1) is 21.8.